The molecule has 0 aliphatic heterocycles. The Kier molecular flexibility index (Phi) is 6.91. The standard InChI is InChI=1S/C22H24ClFN4O2S/c1-14-7-6-8-17(20(14)24)28-19(31-16-9-10-18(23)25-12-16)11-15(26-28)13-27(5)21(29)30-22(2,3)4/h6-12H,13H2,1-5H3. The predicted molar refractivity (Wildman–Crippen MR) is 119 cm³/mol. The van der Waals surface area contributed by atoms with Gasteiger partial charge in [-0.25, -0.2) is 18.9 Å². The van der Waals surface area contributed by atoms with E-state index in [1.165, 1.54) is 16.7 Å². The van der Waals surface area contributed by atoms with Gasteiger partial charge in [0.05, 0.1) is 12.2 Å². The fourth-order valence-electron chi connectivity index (χ4n) is 2.72. The van der Waals surface area contributed by atoms with E-state index < -0.39 is 11.7 Å². The Bertz CT molecular complexity index is 1080. The summed E-state index contributed by atoms with van der Waals surface area (Å²) in [4.78, 5) is 18.7. The number of carbonyl (C=O) groups excluding carboxylic acids is 1. The molecule has 3 rings (SSSR count). The lowest BCUT2D eigenvalue weighted by Crippen LogP contribution is -2.33. The van der Waals surface area contributed by atoms with E-state index in [1.54, 1.807) is 49.1 Å². The van der Waals surface area contributed by atoms with Crippen LogP contribution >= 0.6 is 23.4 Å². The van der Waals surface area contributed by atoms with E-state index in [2.05, 4.69) is 10.1 Å². The van der Waals surface area contributed by atoms with Gasteiger partial charge in [-0.3, -0.25) is 0 Å². The first kappa shape index (κ1) is 23.1. The molecule has 0 aliphatic carbocycles. The summed E-state index contributed by atoms with van der Waals surface area (Å²) in [5, 5.41) is 5.65. The van der Waals surface area contributed by atoms with E-state index in [1.807, 2.05) is 32.9 Å². The highest BCUT2D eigenvalue weighted by Crippen LogP contribution is 2.31. The van der Waals surface area contributed by atoms with E-state index in [4.69, 9.17) is 16.3 Å². The van der Waals surface area contributed by atoms with Crippen molar-refractivity contribution in [3.8, 4) is 5.69 Å². The third-order valence-electron chi connectivity index (χ3n) is 4.15. The second kappa shape index (κ2) is 9.28. The van der Waals surface area contributed by atoms with Crippen LogP contribution in [0.5, 0.6) is 0 Å². The number of halogens is 2. The Hall–Kier alpha value is -2.58. The van der Waals surface area contributed by atoms with Crippen molar-refractivity contribution >= 4 is 29.5 Å². The lowest BCUT2D eigenvalue weighted by Gasteiger charge is -2.24. The molecule has 0 aliphatic rings. The lowest BCUT2D eigenvalue weighted by atomic mass is 10.2. The minimum Gasteiger partial charge on any atom is -0.444 e. The van der Waals surface area contributed by atoms with Crippen LogP contribution in [0.3, 0.4) is 0 Å². The summed E-state index contributed by atoms with van der Waals surface area (Å²) >= 11 is 7.26. The number of benzene rings is 1. The molecule has 0 saturated carbocycles. The maximum absolute atomic E-state index is 14.9. The van der Waals surface area contributed by atoms with Crippen molar-refractivity contribution in [2.24, 2.45) is 0 Å². The first-order valence-corrected chi connectivity index (χ1v) is 10.8. The second-order valence-electron chi connectivity index (χ2n) is 8.05. The number of pyridine rings is 1. The van der Waals surface area contributed by atoms with Crippen LogP contribution in [0.2, 0.25) is 5.15 Å². The smallest absolute Gasteiger partial charge is 0.410 e. The molecule has 0 radical (unpaired) electrons. The molecule has 9 heteroatoms. The van der Waals surface area contributed by atoms with Gasteiger partial charge in [-0.2, -0.15) is 5.10 Å². The van der Waals surface area contributed by atoms with Crippen LogP contribution < -0.4 is 0 Å². The van der Waals surface area contributed by atoms with E-state index >= 15 is 0 Å². The molecule has 1 amide bonds. The van der Waals surface area contributed by atoms with E-state index in [9.17, 15) is 9.18 Å². The van der Waals surface area contributed by atoms with E-state index in [-0.39, 0.29) is 12.4 Å². The first-order valence-electron chi connectivity index (χ1n) is 9.61. The maximum Gasteiger partial charge on any atom is 0.410 e. The summed E-state index contributed by atoms with van der Waals surface area (Å²) in [6.07, 6.45) is 1.18. The van der Waals surface area contributed by atoms with Crippen molar-refractivity contribution in [2.75, 3.05) is 7.05 Å². The average Bonchev–Trinajstić information content (AvgIpc) is 3.06. The van der Waals surface area contributed by atoms with Gasteiger partial charge in [-0.15, -0.1) is 0 Å². The molecule has 31 heavy (non-hydrogen) atoms. The van der Waals surface area contributed by atoms with Crippen molar-refractivity contribution in [1.82, 2.24) is 19.7 Å². The highest BCUT2D eigenvalue weighted by molar-refractivity contribution is 7.99. The van der Waals surface area contributed by atoms with Gasteiger partial charge in [0, 0.05) is 18.1 Å². The number of carbonyl (C=O) groups is 1. The summed E-state index contributed by atoms with van der Waals surface area (Å²) in [6.45, 7) is 7.34. The number of amides is 1. The van der Waals surface area contributed by atoms with Crippen molar-refractivity contribution in [2.45, 2.75) is 49.8 Å². The number of ether oxygens (including phenoxy) is 1. The van der Waals surface area contributed by atoms with Crippen LogP contribution in [0, 0.1) is 12.7 Å². The molecule has 2 heterocycles. The number of aryl methyl sites for hydroxylation is 1. The lowest BCUT2D eigenvalue weighted by molar-refractivity contribution is 0.0283. The third-order valence-corrected chi connectivity index (χ3v) is 5.35. The molecular weight excluding hydrogens is 439 g/mol. The van der Waals surface area contributed by atoms with Crippen LogP contribution in [0.4, 0.5) is 9.18 Å². The predicted octanol–water partition coefficient (Wildman–Crippen LogP) is 5.89. The zero-order valence-electron chi connectivity index (χ0n) is 18.0. The number of hydrogen-bond acceptors (Lipinski definition) is 5. The van der Waals surface area contributed by atoms with Gasteiger partial charge >= 0.3 is 6.09 Å². The summed E-state index contributed by atoms with van der Waals surface area (Å²) in [5.74, 6) is -0.353. The molecule has 0 N–H and O–H groups in total. The summed E-state index contributed by atoms with van der Waals surface area (Å²) in [7, 11) is 1.64. The third kappa shape index (κ3) is 5.98. The Labute approximate surface area is 190 Å². The van der Waals surface area contributed by atoms with Gasteiger partial charge in [0.1, 0.15) is 21.5 Å². The molecule has 3 aromatic rings. The van der Waals surface area contributed by atoms with Gasteiger partial charge in [0.2, 0.25) is 0 Å². The fourth-order valence-corrected chi connectivity index (χ4v) is 3.73. The Balaban J connectivity index is 1.94. The largest absolute Gasteiger partial charge is 0.444 e. The van der Waals surface area contributed by atoms with Crippen LogP contribution in [0.25, 0.3) is 5.69 Å². The van der Waals surface area contributed by atoms with Crippen LogP contribution in [-0.4, -0.2) is 38.4 Å². The minimum absolute atomic E-state index is 0.210. The molecule has 0 fully saturated rings. The molecule has 0 saturated heterocycles. The van der Waals surface area contributed by atoms with Gasteiger partial charge < -0.3 is 9.64 Å². The number of hydrogen-bond donors (Lipinski definition) is 0. The van der Waals surface area contributed by atoms with Gasteiger partial charge in [-0.1, -0.05) is 35.5 Å². The fraction of sp³-hybridized carbons (Fsp3) is 0.318. The topological polar surface area (TPSA) is 60.2 Å². The monoisotopic (exact) mass is 462 g/mol. The molecular formula is C22H24ClFN4O2S. The van der Waals surface area contributed by atoms with Gasteiger partial charge in [0.25, 0.3) is 0 Å². The zero-order valence-corrected chi connectivity index (χ0v) is 19.6. The van der Waals surface area contributed by atoms with Crippen LogP contribution in [0.15, 0.2) is 52.5 Å². The molecule has 1 aromatic carbocycles. The summed E-state index contributed by atoms with van der Waals surface area (Å²) in [6, 6.07) is 10.5. The SMILES string of the molecule is Cc1cccc(-n2nc(CN(C)C(=O)OC(C)(C)C)cc2Sc2ccc(Cl)nc2)c1F. The van der Waals surface area contributed by atoms with E-state index in [0.717, 1.165) is 4.90 Å². The van der Waals surface area contributed by atoms with Crippen LogP contribution in [-0.2, 0) is 11.3 Å². The quantitative estimate of drug-likeness (QED) is 0.442. The van der Waals surface area contributed by atoms with Crippen molar-refractivity contribution in [3.63, 3.8) is 0 Å². The highest BCUT2D eigenvalue weighted by atomic mass is 35.5. The molecule has 0 bridgehead atoms. The minimum atomic E-state index is -0.599. The summed E-state index contributed by atoms with van der Waals surface area (Å²) < 4.78 is 21.8. The maximum atomic E-state index is 14.9. The van der Waals surface area contributed by atoms with Crippen molar-refractivity contribution in [3.05, 3.63) is 64.8 Å². The Morgan fingerprint density at radius 2 is 2.03 bits per heavy atom. The molecule has 2 aromatic heterocycles. The first-order chi connectivity index (χ1) is 14.5. The number of nitrogens with zero attached hydrogens (tertiary/aromatic N) is 4. The zero-order chi connectivity index (χ0) is 22.8. The Morgan fingerprint density at radius 3 is 2.68 bits per heavy atom. The summed E-state index contributed by atoms with van der Waals surface area (Å²) in [5.41, 5.74) is 0.844. The van der Waals surface area contributed by atoms with Gasteiger partial charge in [-0.05, 0) is 57.5 Å². The molecule has 0 unspecified atom stereocenters. The normalized spacial score (nSPS) is 11.5. The van der Waals surface area contributed by atoms with Crippen molar-refractivity contribution in [1.29, 1.82) is 0 Å². The number of rotatable bonds is 5. The van der Waals surface area contributed by atoms with Crippen molar-refractivity contribution < 1.29 is 13.9 Å². The van der Waals surface area contributed by atoms with Crippen LogP contribution in [0.1, 0.15) is 32.0 Å². The highest BCUT2D eigenvalue weighted by Gasteiger charge is 2.22. The molecule has 0 atom stereocenters. The molecule has 6 nitrogen and oxygen atoms in total. The molecule has 0 spiro atoms. The molecule has 164 valence electrons. The number of aromatic nitrogens is 3. The average molecular weight is 463 g/mol. The van der Waals surface area contributed by atoms with Gasteiger partial charge in [0.15, 0.2) is 5.82 Å². The van der Waals surface area contributed by atoms with E-state index in [0.29, 0.717) is 27.1 Å². The Morgan fingerprint density at radius 1 is 1.29 bits per heavy atom. The second-order valence-corrected chi connectivity index (χ2v) is 9.53.